The molecule has 0 fully saturated rings. The molecule has 0 aliphatic heterocycles. The zero-order valence-electron chi connectivity index (χ0n) is 14.7. The summed E-state index contributed by atoms with van der Waals surface area (Å²) in [5.41, 5.74) is 3.34. The van der Waals surface area contributed by atoms with Crippen LogP contribution >= 0.6 is 22.9 Å². The van der Waals surface area contributed by atoms with Crippen LogP contribution in [0, 0.1) is 6.92 Å². The molecular formula is C20H18ClN3O2S. The molecule has 138 valence electrons. The topological polar surface area (TPSA) is 71.1 Å². The van der Waals surface area contributed by atoms with Gasteiger partial charge in [-0.05, 0) is 36.8 Å². The molecule has 27 heavy (non-hydrogen) atoms. The molecule has 0 spiro atoms. The van der Waals surface area contributed by atoms with Gasteiger partial charge in [-0.1, -0.05) is 41.4 Å². The Labute approximate surface area is 166 Å². The van der Waals surface area contributed by atoms with Crippen LogP contribution in [0.25, 0.3) is 0 Å². The standard InChI is InChI=1S/C20H18ClN3O2S/c1-13-2-4-14(5-3-13)11-22-18(25)10-17-12-27-20(23-17)24-19(26)15-6-8-16(21)9-7-15/h2-9,12H,10-11H2,1H3,(H,22,25)(H,23,24,26). The molecule has 0 aliphatic rings. The van der Waals surface area contributed by atoms with Crippen LogP contribution in [0.1, 0.15) is 27.2 Å². The summed E-state index contributed by atoms with van der Waals surface area (Å²) in [5, 5.41) is 8.39. The molecule has 5 nitrogen and oxygen atoms in total. The molecule has 0 saturated carbocycles. The van der Waals surface area contributed by atoms with E-state index >= 15 is 0 Å². The van der Waals surface area contributed by atoms with Crippen molar-refractivity contribution in [1.29, 1.82) is 0 Å². The SMILES string of the molecule is Cc1ccc(CNC(=O)Cc2csc(NC(=O)c3ccc(Cl)cc3)n2)cc1. The molecule has 2 aromatic carbocycles. The van der Waals surface area contributed by atoms with Gasteiger partial charge in [0.25, 0.3) is 5.91 Å². The van der Waals surface area contributed by atoms with Crippen LogP contribution in [0.5, 0.6) is 0 Å². The second-order valence-electron chi connectivity index (χ2n) is 6.04. The molecule has 7 heteroatoms. The number of aromatic nitrogens is 1. The molecule has 1 heterocycles. The van der Waals surface area contributed by atoms with Gasteiger partial charge in [0.2, 0.25) is 5.91 Å². The molecule has 0 saturated heterocycles. The monoisotopic (exact) mass is 399 g/mol. The van der Waals surface area contributed by atoms with Gasteiger partial charge in [-0.2, -0.15) is 0 Å². The third-order valence-electron chi connectivity index (χ3n) is 3.83. The molecule has 3 aromatic rings. The molecule has 3 rings (SSSR count). The quantitative estimate of drug-likeness (QED) is 0.652. The fraction of sp³-hybridized carbons (Fsp3) is 0.150. The van der Waals surface area contributed by atoms with Crippen LogP contribution in [0.2, 0.25) is 5.02 Å². The summed E-state index contributed by atoms with van der Waals surface area (Å²) >= 11 is 7.10. The lowest BCUT2D eigenvalue weighted by atomic mass is 10.1. The number of anilines is 1. The van der Waals surface area contributed by atoms with Crippen molar-refractivity contribution in [2.45, 2.75) is 19.9 Å². The van der Waals surface area contributed by atoms with Gasteiger partial charge in [0.15, 0.2) is 5.13 Å². The molecule has 0 aliphatic carbocycles. The first-order valence-electron chi connectivity index (χ1n) is 8.33. The van der Waals surface area contributed by atoms with Crippen molar-refractivity contribution < 1.29 is 9.59 Å². The number of hydrogen-bond acceptors (Lipinski definition) is 4. The van der Waals surface area contributed by atoms with Crippen LogP contribution in [-0.4, -0.2) is 16.8 Å². The lowest BCUT2D eigenvalue weighted by Gasteiger charge is -2.05. The fourth-order valence-corrected chi connectivity index (χ4v) is 3.18. The van der Waals surface area contributed by atoms with Gasteiger partial charge >= 0.3 is 0 Å². The zero-order valence-corrected chi connectivity index (χ0v) is 16.2. The average Bonchev–Trinajstić information content (AvgIpc) is 3.08. The van der Waals surface area contributed by atoms with Crippen molar-refractivity contribution in [2.24, 2.45) is 0 Å². The Hall–Kier alpha value is -2.70. The van der Waals surface area contributed by atoms with Crippen LogP contribution in [0.3, 0.4) is 0 Å². The number of nitrogens with one attached hydrogen (secondary N) is 2. The van der Waals surface area contributed by atoms with E-state index in [1.54, 1.807) is 29.6 Å². The summed E-state index contributed by atoms with van der Waals surface area (Å²) in [4.78, 5) is 28.6. The normalized spacial score (nSPS) is 10.4. The highest BCUT2D eigenvalue weighted by molar-refractivity contribution is 7.14. The number of nitrogens with zero attached hydrogens (tertiary/aromatic N) is 1. The number of carbonyl (C=O) groups is 2. The van der Waals surface area contributed by atoms with E-state index in [0.29, 0.717) is 28.0 Å². The first-order chi connectivity index (χ1) is 13.0. The summed E-state index contributed by atoms with van der Waals surface area (Å²) in [6.45, 7) is 2.50. The zero-order chi connectivity index (χ0) is 19.2. The highest BCUT2D eigenvalue weighted by Gasteiger charge is 2.11. The third-order valence-corrected chi connectivity index (χ3v) is 4.89. The Morgan fingerprint density at radius 3 is 2.48 bits per heavy atom. The number of amides is 2. The Kier molecular flexibility index (Phi) is 6.21. The minimum absolute atomic E-state index is 0.114. The predicted molar refractivity (Wildman–Crippen MR) is 108 cm³/mol. The van der Waals surface area contributed by atoms with Gasteiger partial charge < -0.3 is 5.32 Å². The van der Waals surface area contributed by atoms with Gasteiger partial charge in [0.1, 0.15) is 0 Å². The van der Waals surface area contributed by atoms with E-state index < -0.39 is 0 Å². The Balaban J connectivity index is 1.51. The lowest BCUT2D eigenvalue weighted by molar-refractivity contribution is -0.120. The van der Waals surface area contributed by atoms with E-state index in [2.05, 4.69) is 15.6 Å². The molecular weight excluding hydrogens is 382 g/mol. The number of rotatable bonds is 6. The second-order valence-corrected chi connectivity index (χ2v) is 7.34. The molecule has 2 amide bonds. The Morgan fingerprint density at radius 2 is 1.78 bits per heavy atom. The molecule has 0 atom stereocenters. The van der Waals surface area contributed by atoms with Crippen LogP contribution in [0.4, 0.5) is 5.13 Å². The maximum atomic E-state index is 12.2. The van der Waals surface area contributed by atoms with Gasteiger partial charge in [-0.15, -0.1) is 11.3 Å². The number of hydrogen-bond donors (Lipinski definition) is 2. The number of halogens is 1. The number of aryl methyl sites for hydroxylation is 1. The van der Waals surface area contributed by atoms with Gasteiger partial charge in [-0.3, -0.25) is 14.9 Å². The summed E-state index contributed by atoms with van der Waals surface area (Å²) in [5.74, 6) is -0.382. The van der Waals surface area contributed by atoms with Crippen LogP contribution in [0.15, 0.2) is 53.9 Å². The largest absolute Gasteiger partial charge is 0.352 e. The molecule has 1 aromatic heterocycles. The van der Waals surface area contributed by atoms with Crippen LogP contribution in [-0.2, 0) is 17.8 Å². The first kappa shape index (κ1) is 19.1. The van der Waals surface area contributed by atoms with Crippen molar-refractivity contribution in [3.63, 3.8) is 0 Å². The minimum atomic E-state index is -0.267. The van der Waals surface area contributed by atoms with Crippen LogP contribution < -0.4 is 10.6 Å². The van der Waals surface area contributed by atoms with E-state index in [-0.39, 0.29) is 18.2 Å². The average molecular weight is 400 g/mol. The summed E-state index contributed by atoms with van der Waals surface area (Å²) in [6, 6.07) is 14.6. The van der Waals surface area contributed by atoms with Crippen molar-refractivity contribution in [3.05, 3.63) is 81.3 Å². The molecule has 2 N–H and O–H groups in total. The Bertz CT molecular complexity index is 937. The highest BCUT2D eigenvalue weighted by Crippen LogP contribution is 2.18. The Morgan fingerprint density at radius 1 is 1.07 bits per heavy atom. The molecule has 0 unspecified atom stereocenters. The van der Waals surface area contributed by atoms with E-state index in [0.717, 1.165) is 5.56 Å². The van der Waals surface area contributed by atoms with Gasteiger partial charge in [0, 0.05) is 22.5 Å². The van der Waals surface area contributed by atoms with E-state index in [1.165, 1.54) is 16.9 Å². The van der Waals surface area contributed by atoms with E-state index in [4.69, 9.17) is 11.6 Å². The first-order valence-corrected chi connectivity index (χ1v) is 9.59. The van der Waals surface area contributed by atoms with E-state index in [1.807, 2.05) is 31.2 Å². The summed E-state index contributed by atoms with van der Waals surface area (Å²) < 4.78 is 0. The predicted octanol–water partition coefficient (Wildman–Crippen LogP) is 4.22. The fourth-order valence-electron chi connectivity index (χ4n) is 2.35. The number of benzene rings is 2. The van der Waals surface area contributed by atoms with Crippen molar-refractivity contribution in [1.82, 2.24) is 10.3 Å². The number of thiazole rings is 1. The smallest absolute Gasteiger partial charge is 0.257 e. The van der Waals surface area contributed by atoms with Gasteiger partial charge in [0.05, 0.1) is 12.1 Å². The summed E-state index contributed by atoms with van der Waals surface area (Å²) in [7, 11) is 0. The maximum absolute atomic E-state index is 12.2. The third kappa shape index (κ3) is 5.64. The second kappa shape index (κ2) is 8.79. The van der Waals surface area contributed by atoms with Crippen molar-refractivity contribution >= 4 is 39.9 Å². The minimum Gasteiger partial charge on any atom is -0.352 e. The molecule has 0 radical (unpaired) electrons. The van der Waals surface area contributed by atoms with Gasteiger partial charge in [-0.25, -0.2) is 4.98 Å². The summed E-state index contributed by atoms with van der Waals surface area (Å²) in [6.07, 6.45) is 0.166. The molecule has 0 bridgehead atoms. The lowest BCUT2D eigenvalue weighted by Crippen LogP contribution is -2.24. The van der Waals surface area contributed by atoms with Crippen molar-refractivity contribution in [2.75, 3.05) is 5.32 Å². The maximum Gasteiger partial charge on any atom is 0.257 e. The van der Waals surface area contributed by atoms with E-state index in [9.17, 15) is 9.59 Å². The van der Waals surface area contributed by atoms with Crippen molar-refractivity contribution in [3.8, 4) is 0 Å². The highest BCUT2D eigenvalue weighted by atomic mass is 35.5. The number of carbonyl (C=O) groups excluding carboxylic acids is 2.